The first-order valence-corrected chi connectivity index (χ1v) is 9.20. The second-order valence-electron chi connectivity index (χ2n) is 6.47. The first-order chi connectivity index (χ1) is 13.2. The van der Waals surface area contributed by atoms with Crippen LogP contribution in [-0.4, -0.2) is 17.9 Å². The highest BCUT2D eigenvalue weighted by molar-refractivity contribution is 6.32. The Hall–Kier alpha value is -2.64. The Morgan fingerprint density at radius 2 is 1.82 bits per heavy atom. The van der Waals surface area contributed by atoms with Crippen molar-refractivity contribution in [3.63, 3.8) is 0 Å². The second kappa shape index (κ2) is 9.52. The van der Waals surface area contributed by atoms with Crippen molar-refractivity contribution in [1.82, 2.24) is 5.32 Å². The van der Waals surface area contributed by atoms with Gasteiger partial charge in [-0.15, -0.1) is 0 Å². The van der Waals surface area contributed by atoms with E-state index in [0.29, 0.717) is 23.3 Å². The van der Waals surface area contributed by atoms with Crippen LogP contribution in [-0.2, 0) is 4.79 Å². The summed E-state index contributed by atoms with van der Waals surface area (Å²) in [7, 11) is 0. The lowest BCUT2D eigenvalue weighted by Crippen LogP contribution is -2.34. The van der Waals surface area contributed by atoms with Crippen LogP contribution in [0.4, 0.5) is 4.39 Å². The normalized spacial score (nSPS) is 13.0. The van der Waals surface area contributed by atoms with Crippen LogP contribution in [0.25, 0.3) is 0 Å². The summed E-state index contributed by atoms with van der Waals surface area (Å²) in [5.41, 5.74) is 11.1. The molecule has 0 aliphatic heterocycles. The quantitative estimate of drug-likeness (QED) is 0.589. The summed E-state index contributed by atoms with van der Waals surface area (Å²) in [4.78, 5) is 22.2. The number of amides is 2. The zero-order valence-corrected chi connectivity index (χ0v) is 16.4. The molecule has 5 N–H and O–H groups in total. The molecule has 0 unspecified atom stereocenters. The lowest BCUT2D eigenvalue weighted by atomic mass is 10.0. The van der Waals surface area contributed by atoms with Crippen LogP contribution in [0.2, 0.25) is 5.02 Å². The molecule has 0 fully saturated rings. The zero-order chi connectivity index (χ0) is 20.8. The van der Waals surface area contributed by atoms with Gasteiger partial charge in [0, 0.05) is 29.6 Å². The molecule has 0 bridgehead atoms. The van der Waals surface area contributed by atoms with Crippen LogP contribution in [0.5, 0.6) is 11.5 Å². The Morgan fingerprint density at radius 1 is 1.18 bits per heavy atom. The molecule has 0 saturated carbocycles. The predicted octanol–water partition coefficient (Wildman–Crippen LogP) is 3.67. The number of carbonyl (C=O) groups excluding carboxylic acids is 2. The zero-order valence-electron chi connectivity index (χ0n) is 15.7. The van der Waals surface area contributed by atoms with Gasteiger partial charge >= 0.3 is 0 Å². The SMILES string of the molecule is CC[C@@H](N[C@H](C)CC(N)=O)c1ccc(Cl)c(Oc2ccc(C(N)=O)cc2)c1F. The molecule has 2 amide bonds. The third-order valence-electron chi connectivity index (χ3n) is 4.21. The number of hydrogen-bond donors (Lipinski definition) is 3. The molecule has 0 saturated heterocycles. The molecule has 150 valence electrons. The molecule has 6 nitrogen and oxygen atoms in total. The first-order valence-electron chi connectivity index (χ1n) is 8.82. The van der Waals surface area contributed by atoms with Crippen molar-refractivity contribution in [2.24, 2.45) is 11.5 Å². The standard InChI is InChI=1S/C20H23ClFN3O3/c1-3-16(25-11(2)10-17(23)26)14-8-9-15(21)19(18(14)22)28-13-6-4-12(5-7-13)20(24)27/h4-9,11,16,25H,3,10H2,1-2H3,(H2,23,26)(H2,24,27)/t11-,16-/m1/s1. The average molecular weight is 408 g/mol. The van der Waals surface area contributed by atoms with Crippen LogP contribution in [0.3, 0.4) is 0 Å². The Labute approximate surface area is 168 Å². The number of benzene rings is 2. The van der Waals surface area contributed by atoms with E-state index in [1.165, 1.54) is 24.3 Å². The highest BCUT2D eigenvalue weighted by Crippen LogP contribution is 2.36. The van der Waals surface area contributed by atoms with Crippen molar-refractivity contribution in [3.05, 3.63) is 58.4 Å². The van der Waals surface area contributed by atoms with Gasteiger partial charge in [-0.25, -0.2) is 4.39 Å². The minimum Gasteiger partial charge on any atom is -0.453 e. The van der Waals surface area contributed by atoms with E-state index in [9.17, 15) is 9.59 Å². The minimum atomic E-state index is -0.600. The van der Waals surface area contributed by atoms with E-state index in [1.807, 2.05) is 6.92 Å². The van der Waals surface area contributed by atoms with E-state index in [0.717, 1.165) is 0 Å². The third kappa shape index (κ3) is 5.43. The van der Waals surface area contributed by atoms with Gasteiger partial charge in [0.05, 0.1) is 5.02 Å². The molecule has 0 radical (unpaired) electrons. The Morgan fingerprint density at radius 3 is 2.36 bits per heavy atom. The number of ether oxygens (including phenoxy) is 1. The van der Waals surface area contributed by atoms with Crippen molar-refractivity contribution in [2.45, 2.75) is 38.8 Å². The second-order valence-corrected chi connectivity index (χ2v) is 6.88. The van der Waals surface area contributed by atoms with Crippen LogP contribution >= 0.6 is 11.6 Å². The number of primary amides is 2. The first kappa shape index (κ1) is 21.7. The largest absolute Gasteiger partial charge is 0.453 e. The molecule has 2 atom stereocenters. The van der Waals surface area contributed by atoms with Gasteiger partial charge in [-0.2, -0.15) is 0 Å². The van der Waals surface area contributed by atoms with Gasteiger partial charge in [0.1, 0.15) is 5.75 Å². The Balaban J connectivity index is 2.28. The summed E-state index contributed by atoms with van der Waals surface area (Å²) in [5, 5.41) is 3.31. The van der Waals surface area contributed by atoms with Gasteiger partial charge in [-0.1, -0.05) is 24.6 Å². The van der Waals surface area contributed by atoms with Crippen molar-refractivity contribution in [3.8, 4) is 11.5 Å². The van der Waals surface area contributed by atoms with E-state index in [2.05, 4.69) is 5.32 Å². The summed E-state index contributed by atoms with van der Waals surface area (Å²) >= 11 is 6.13. The molecular weight excluding hydrogens is 385 g/mol. The number of rotatable bonds is 9. The monoisotopic (exact) mass is 407 g/mol. The molecule has 0 aliphatic rings. The van der Waals surface area contributed by atoms with E-state index in [1.54, 1.807) is 19.1 Å². The average Bonchev–Trinajstić information content (AvgIpc) is 2.63. The Bertz CT molecular complexity index is 859. The molecule has 2 aromatic rings. The number of hydrogen-bond acceptors (Lipinski definition) is 4. The number of halogens is 2. The van der Waals surface area contributed by atoms with Crippen molar-refractivity contribution in [2.75, 3.05) is 0 Å². The van der Waals surface area contributed by atoms with Crippen LogP contribution in [0.15, 0.2) is 36.4 Å². The maximum Gasteiger partial charge on any atom is 0.248 e. The molecule has 0 spiro atoms. The van der Waals surface area contributed by atoms with Crippen LogP contribution < -0.4 is 21.5 Å². The fraction of sp³-hybridized carbons (Fsp3) is 0.300. The van der Waals surface area contributed by atoms with Gasteiger partial charge in [-0.3, -0.25) is 9.59 Å². The molecule has 0 aliphatic carbocycles. The highest BCUT2D eigenvalue weighted by Gasteiger charge is 2.22. The maximum absolute atomic E-state index is 15.2. The molecule has 0 heterocycles. The van der Waals surface area contributed by atoms with Gasteiger partial charge in [0.25, 0.3) is 0 Å². The van der Waals surface area contributed by atoms with Gasteiger partial charge in [0.2, 0.25) is 11.8 Å². The molecule has 2 aromatic carbocycles. The molecule has 0 aromatic heterocycles. The summed E-state index contributed by atoms with van der Waals surface area (Å²) in [5.74, 6) is -1.41. The number of nitrogens with two attached hydrogens (primary N) is 2. The number of nitrogens with one attached hydrogen (secondary N) is 1. The van der Waals surface area contributed by atoms with Gasteiger partial charge in [-0.05, 0) is 43.7 Å². The summed E-state index contributed by atoms with van der Waals surface area (Å²) < 4.78 is 20.8. The molecular formula is C20H23ClFN3O3. The van der Waals surface area contributed by atoms with Crippen molar-refractivity contribution < 1.29 is 18.7 Å². The van der Waals surface area contributed by atoms with Gasteiger partial charge in [0.15, 0.2) is 11.6 Å². The Kier molecular flexibility index (Phi) is 7.37. The summed E-state index contributed by atoms with van der Waals surface area (Å²) in [6, 6.07) is 8.54. The lowest BCUT2D eigenvalue weighted by Gasteiger charge is -2.23. The van der Waals surface area contributed by atoms with E-state index in [-0.39, 0.29) is 29.3 Å². The summed E-state index contributed by atoms with van der Waals surface area (Å²) in [6.07, 6.45) is 0.718. The topological polar surface area (TPSA) is 107 Å². The van der Waals surface area contributed by atoms with Gasteiger partial charge < -0.3 is 21.5 Å². The van der Waals surface area contributed by atoms with E-state index < -0.39 is 17.6 Å². The summed E-state index contributed by atoms with van der Waals surface area (Å²) in [6.45, 7) is 3.70. The van der Waals surface area contributed by atoms with Crippen molar-refractivity contribution >= 4 is 23.4 Å². The maximum atomic E-state index is 15.2. The fourth-order valence-electron chi connectivity index (χ4n) is 2.85. The van der Waals surface area contributed by atoms with Crippen LogP contribution in [0.1, 0.15) is 48.7 Å². The smallest absolute Gasteiger partial charge is 0.248 e. The van der Waals surface area contributed by atoms with E-state index in [4.69, 9.17) is 27.8 Å². The van der Waals surface area contributed by atoms with Crippen LogP contribution in [0, 0.1) is 5.82 Å². The molecule has 8 heteroatoms. The minimum absolute atomic E-state index is 0.111. The van der Waals surface area contributed by atoms with E-state index >= 15 is 4.39 Å². The third-order valence-corrected chi connectivity index (χ3v) is 4.51. The predicted molar refractivity (Wildman–Crippen MR) is 106 cm³/mol. The molecule has 28 heavy (non-hydrogen) atoms. The number of carbonyl (C=O) groups is 2. The fourth-order valence-corrected chi connectivity index (χ4v) is 3.03. The molecule has 2 rings (SSSR count). The lowest BCUT2D eigenvalue weighted by molar-refractivity contribution is -0.118. The van der Waals surface area contributed by atoms with Crippen molar-refractivity contribution in [1.29, 1.82) is 0 Å². The highest BCUT2D eigenvalue weighted by atomic mass is 35.5.